The lowest BCUT2D eigenvalue weighted by Crippen LogP contribution is -2.22. The Bertz CT molecular complexity index is 378. The molecular weight excluding hydrogens is 216 g/mol. The predicted octanol–water partition coefficient (Wildman–Crippen LogP) is 1.47. The standard InChI is InChI=1S/C13H20N2O2/c1-3-6-15-7-8-17-12-9-10(2)4-5-11(12)13(14)16/h4-5,9,15H,3,6-8H2,1-2H3,(H2,14,16). The molecule has 0 fully saturated rings. The summed E-state index contributed by atoms with van der Waals surface area (Å²) in [5.74, 6) is 0.109. The minimum absolute atomic E-state index is 0.436. The molecule has 4 nitrogen and oxygen atoms in total. The van der Waals surface area contributed by atoms with Crippen molar-refractivity contribution < 1.29 is 9.53 Å². The lowest BCUT2D eigenvalue weighted by atomic mass is 10.1. The summed E-state index contributed by atoms with van der Waals surface area (Å²) in [6, 6.07) is 5.38. The van der Waals surface area contributed by atoms with Gasteiger partial charge in [0, 0.05) is 6.54 Å². The van der Waals surface area contributed by atoms with Gasteiger partial charge in [-0.3, -0.25) is 4.79 Å². The Kier molecular flexibility index (Phi) is 5.49. The van der Waals surface area contributed by atoms with Crippen molar-refractivity contribution in [2.45, 2.75) is 20.3 Å². The van der Waals surface area contributed by atoms with Gasteiger partial charge in [0.1, 0.15) is 12.4 Å². The van der Waals surface area contributed by atoms with E-state index in [1.165, 1.54) is 0 Å². The number of carbonyl (C=O) groups is 1. The van der Waals surface area contributed by atoms with Crippen molar-refractivity contribution in [2.24, 2.45) is 5.73 Å². The number of nitrogens with one attached hydrogen (secondary N) is 1. The lowest BCUT2D eigenvalue weighted by molar-refractivity contribution is 0.0996. The molecule has 3 N–H and O–H groups in total. The molecule has 1 amide bonds. The Hall–Kier alpha value is -1.55. The number of hydrogen-bond acceptors (Lipinski definition) is 3. The molecule has 0 radical (unpaired) electrons. The van der Waals surface area contributed by atoms with Crippen molar-refractivity contribution in [1.29, 1.82) is 0 Å². The second kappa shape index (κ2) is 6.91. The fourth-order valence-electron chi connectivity index (χ4n) is 1.49. The summed E-state index contributed by atoms with van der Waals surface area (Å²) in [6.45, 7) is 6.33. The van der Waals surface area contributed by atoms with Gasteiger partial charge in [0.2, 0.25) is 0 Å². The first-order valence-corrected chi connectivity index (χ1v) is 5.89. The maximum absolute atomic E-state index is 11.2. The van der Waals surface area contributed by atoms with Crippen molar-refractivity contribution in [3.63, 3.8) is 0 Å². The number of nitrogens with two attached hydrogens (primary N) is 1. The third-order valence-electron chi connectivity index (χ3n) is 2.37. The van der Waals surface area contributed by atoms with Crippen LogP contribution in [0.15, 0.2) is 18.2 Å². The normalized spacial score (nSPS) is 10.2. The van der Waals surface area contributed by atoms with Gasteiger partial charge in [0.05, 0.1) is 5.56 Å². The van der Waals surface area contributed by atoms with Crippen LogP contribution < -0.4 is 15.8 Å². The molecule has 0 unspecified atom stereocenters. The summed E-state index contributed by atoms with van der Waals surface area (Å²) < 4.78 is 5.56. The SMILES string of the molecule is CCCNCCOc1cc(C)ccc1C(N)=O. The van der Waals surface area contributed by atoms with E-state index < -0.39 is 5.91 Å². The molecule has 1 aromatic carbocycles. The molecule has 0 bridgehead atoms. The van der Waals surface area contributed by atoms with E-state index in [9.17, 15) is 4.79 Å². The van der Waals surface area contributed by atoms with Gasteiger partial charge in [0.25, 0.3) is 5.91 Å². The van der Waals surface area contributed by atoms with Crippen LogP contribution in [-0.2, 0) is 0 Å². The number of carbonyl (C=O) groups excluding carboxylic acids is 1. The van der Waals surface area contributed by atoms with Crippen LogP contribution in [0.2, 0.25) is 0 Å². The van der Waals surface area contributed by atoms with Crippen LogP contribution in [0.25, 0.3) is 0 Å². The minimum atomic E-state index is -0.457. The van der Waals surface area contributed by atoms with Gasteiger partial charge in [-0.2, -0.15) is 0 Å². The van der Waals surface area contributed by atoms with Crippen LogP contribution >= 0.6 is 0 Å². The largest absolute Gasteiger partial charge is 0.491 e. The number of hydrogen-bond donors (Lipinski definition) is 2. The number of ether oxygens (including phenoxy) is 1. The molecule has 0 saturated heterocycles. The number of benzene rings is 1. The van der Waals surface area contributed by atoms with Gasteiger partial charge in [0.15, 0.2) is 0 Å². The summed E-state index contributed by atoms with van der Waals surface area (Å²) in [6.07, 6.45) is 1.09. The van der Waals surface area contributed by atoms with Gasteiger partial charge in [-0.1, -0.05) is 13.0 Å². The molecule has 0 aliphatic rings. The molecule has 17 heavy (non-hydrogen) atoms. The number of rotatable bonds is 7. The number of aryl methyl sites for hydroxylation is 1. The second-order valence-electron chi connectivity index (χ2n) is 3.96. The molecule has 0 saturated carbocycles. The fraction of sp³-hybridized carbons (Fsp3) is 0.462. The molecule has 0 aliphatic heterocycles. The first kappa shape index (κ1) is 13.5. The summed E-state index contributed by atoms with van der Waals surface area (Å²) in [4.78, 5) is 11.2. The third kappa shape index (κ3) is 4.44. The van der Waals surface area contributed by atoms with Crippen molar-refractivity contribution in [3.05, 3.63) is 29.3 Å². The van der Waals surface area contributed by atoms with E-state index >= 15 is 0 Å². The van der Waals surface area contributed by atoms with Crippen LogP contribution in [0.5, 0.6) is 5.75 Å². The molecule has 0 heterocycles. The smallest absolute Gasteiger partial charge is 0.252 e. The van der Waals surface area contributed by atoms with Crippen LogP contribution in [0.4, 0.5) is 0 Å². The van der Waals surface area contributed by atoms with Gasteiger partial charge < -0.3 is 15.8 Å². The Morgan fingerprint density at radius 2 is 2.18 bits per heavy atom. The van der Waals surface area contributed by atoms with E-state index in [0.717, 1.165) is 25.1 Å². The topological polar surface area (TPSA) is 64.3 Å². The summed E-state index contributed by atoms with van der Waals surface area (Å²) in [5, 5.41) is 3.23. The van der Waals surface area contributed by atoms with Gasteiger partial charge in [-0.25, -0.2) is 0 Å². The van der Waals surface area contributed by atoms with Crippen molar-refractivity contribution in [1.82, 2.24) is 5.32 Å². The average Bonchev–Trinajstić information content (AvgIpc) is 2.28. The third-order valence-corrected chi connectivity index (χ3v) is 2.37. The van der Waals surface area contributed by atoms with Crippen molar-refractivity contribution in [2.75, 3.05) is 19.7 Å². The molecular formula is C13H20N2O2. The first-order valence-electron chi connectivity index (χ1n) is 5.89. The zero-order chi connectivity index (χ0) is 12.7. The average molecular weight is 236 g/mol. The highest BCUT2D eigenvalue weighted by molar-refractivity contribution is 5.95. The van der Waals surface area contributed by atoms with E-state index in [4.69, 9.17) is 10.5 Å². The lowest BCUT2D eigenvalue weighted by Gasteiger charge is -2.10. The molecule has 4 heteroatoms. The Balaban J connectivity index is 2.56. The second-order valence-corrected chi connectivity index (χ2v) is 3.96. The summed E-state index contributed by atoms with van der Waals surface area (Å²) >= 11 is 0. The minimum Gasteiger partial charge on any atom is -0.491 e. The quantitative estimate of drug-likeness (QED) is 0.705. The van der Waals surface area contributed by atoms with Gasteiger partial charge in [-0.15, -0.1) is 0 Å². The summed E-state index contributed by atoms with van der Waals surface area (Å²) in [7, 11) is 0. The molecule has 1 aromatic rings. The van der Waals surface area contributed by atoms with Gasteiger partial charge >= 0.3 is 0 Å². The van der Waals surface area contributed by atoms with E-state index in [1.54, 1.807) is 6.07 Å². The monoisotopic (exact) mass is 236 g/mol. The molecule has 0 aromatic heterocycles. The van der Waals surface area contributed by atoms with E-state index in [1.807, 2.05) is 19.1 Å². The van der Waals surface area contributed by atoms with Crippen molar-refractivity contribution >= 4 is 5.91 Å². The molecule has 94 valence electrons. The Morgan fingerprint density at radius 1 is 1.41 bits per heavy atom. The maximum Gasteiger partial charge on any atom is 0.252 e. The molecule has 1 rings (SSSR count). The highest BCUT2D eigenvalue weighted by atomic mass is 16.5. The van der Waals surface area contributed by atoms with Crippen LogP contribution in [0, 0.1) is 6.92 Å². The van der Waals surface area contributed by atoms with E-state index in [2.05, 4.69) is 12.2 Å². The Morgan fingerprint density at radius 3 is 2.82 bits per heavy atom. The zero-order valence-electron chi connectivity index (χ0n) is 10.5. The van der Waals surface area contributed by atoms with Crippen LogP contribution in [0.1, 0.15) is 29.3 Å². The van der Waals surface area contributed by atoms with Gasteiger partial charge in [-0.05, 0) is 37.6 Å². The predicted molar refractivity (Wildman–Crippen MR) is 68.4 cm³/mol. The first-order chi connectivity index (χ1) is 8.15. The molecule has 0 aliphatic carbocycles. The van der Waals surface area contributed by atoms with E-state index in [0.29, 0.717) is 17.9 Å². The van der Waals surface area contributed by atoms with E-state index in [-0.39, 0.29) is 0 Å². The van der Waals surface area contributed by atoms with Crippen molar-refractivity contribution in [3.8, 4) is 5.75 Å². The molecule has 0 atom stereocenters. The number of amides is 1. The fourth-order valence-corrected chi connectivity index (χ4v) is 1.49. The highest BCUT2D eigenvalue weighted by Crippen LogP contribution is 2.19. The zero-order valence-corrected chi connectivity index (χ0v) is 10.5. The van der Waals surface area contributed by atoms with Crippen LogP contribution in [0.3, 0.4) is 0 Å². The molecule has 0 spiro atoms. The Labute approximate surface area is 102 Å². The summed E-state index contributed by atoms with van der Waals surface area (Å²) in [5.41, 5.74) is 6.77. The highest BCUT2D eigenvalue weighted by Gasteiger charge is 2.08. The number of primary amides is 1. The maximum atomic E-state index is 11.2. The van der Waals surface area contributed by atoms with Crippen LogP contribution in [-0.4, -0.2) is 25.6 Å².